The van der Waals surface area contributed by atoms with Gasteiger partial charge in [-0.2, -0.15) is 0 Å². The van der Waals surface area contributed by atoms with E-state index >= 15 is 0 Å². The fourth-order valence-electron chi connectivity index (χ4n) is 0. The fraction of sp³-hybridized carbons (Fsp3) is 0. The third-order valence-corrected chi connectivity index (χ3v) is 0. The van der Waals surface area contributed by atoms with Gasteiger partial charge in [0.1, 0.15) is 0 Å². The normalized spacial score (nSPS) is 0. The summed E-state index contributed by atoms with van der Waals surface area (Å²) >= 11 is 0. The van der Waals surface area contributed by atoms with E-state index in [9.17, 15) is 0 Å². The molecule has 0 amide bonds. The van der Waals surface area contributed by atoms with Gasteiger partial charge in [-0.1, -0.05) is 0 Å². The van der Waals surface area contributed by atoms with Gasteiger partial charge >= 0.3 is 0 Å². The first-order valence-electron chi connectivity index (χ1n) is 0. The molecule has 0 saturated carbocycles. The molecule has 0 unspecified atom stereocenters. The molecular formula is Os14. The van der Waals surface area contributed by atoms with Gasteiger partial charge in [0, 0.05) is 277 Å². The molecule has 14 heavy (non-hydrogen) atoms. The molecule has 0 atom stereocenters. The summed E-state index contributed by atoms with van der Waals surface area (Å²) in [7, 11) is 0. The monoisotopic (exact) mass is 2690 g/mol. The molecule has 0 aromatic rings. The van der Waals surface area contributed by atoms with Gasteiger partial charge in [-0.15, -0.1) is 0 Å². The van der Waals surface area contributed by atoms with Crippen LogP contribution in [0.4, 0.5) is 0 Å². The van der Waals surface area contributed by atoms with Gasteiger partial charge in [0.15, 0.2) is 0 Å². The molecule has 0 nitrogen and oxygen atoms in total. The molecule has 0 radical (unpaired) electrons. The van der Waals surface area contributed by atoms with Crippen LogP contribution in [0.25, 0.3) is 0 Å². The standard InChI is InChI=1S/14Os. The summed E-state index contributed by atoms with van der Waals surface area (Å²) in [5, 5.41) is 0. The van der Waals surface area contributed by atoms with Gasteiger partial charge in [0.25, 0.3) is 0 Å². The van der Waals surface area contributed by atoms with E-state index in [-0.39, 0.29) is 277 Å². The predicted octanol–water partition coefficient (Wildman–Crippen LogP) is -0.0350. The summed E-state index contributed by atoms with van der Waals surface area (Å²) in [4.78, 5) is 0. The van der Waals surface area contributed by atoms with Crippen LogP contribution in [0.15, 0.2) is 0 Å². The maximum Gasteiger partial charge on any atom is 0 e. The van der Waals surface area contributed by atoms with Crippen LogP contribution in [0.1, 0.15) is 0 Å². The van der Waals surface area contributed by atoms with E-state index in [0.29, 0.717) is 0 Å². The molecule has 0 N–H and O–H groups in total. The molecule has 0 saturated heterocycles. The second kappa shape index (κ2) is 121. The summed E-state index contributed by atoms with van der Waals surface area (Å²) in [6, 6.07) is 0. The zero-order valence-electron chi connectivity index (χ0n) is 4.95. The molecule has 0 aliphatic carbocycles. The van der Waals surface area contributed by atoms with Crippen LogP contribution >= 0.6 is 0 Å². The maximum atomic E-state index is 0. The van der Waals surface area contributed by atoms with Crippen molar-refractivity contribution in [1.82, 2.24) is 0 Å². The van der Waals surface area contributed by atoms with E-state index in [1.807, 2.05) is 0 Å². The molecule has 0 heterocycles. The van der Waals surface area contributed by atoms with Crippen LogP contribution in [-0.2, 0) is 277 Å². The average molecular weight is 2660 g/mol. The van der Waals surface area contributed by atoms with Crippen LogP contribution in [0.2, 0.25) is 0 Å². The minimum Gasteiger partial charge on any atom is 0 e. The molecule has 0 aromatic heterocycles. The van der Waals surface area contributed by atoms with Gasteiger partial charge in [0.05, 0.1) is 0 Å². The Kier molecular flexibility index (Phi) is 1190. The van der Waals surface area contributed by atoms with Crippen LogP contribution in [0.5, 0.6) is 0 Å². The van der Waals surface area contributed by atoms with E-state index in [2.05, 4.69) is 0 Å². The maximum absolute atomic E-state index is 0. The van der Waals surface area contributed by atoms with Crippen LogP contribution in [-0.4, -0.2) is 0 Å². The van der Waals surface area contributed by atoms with E-state index in [1.165, 1.54) is 0 Å². The van der Waals surface area contributed by atoms with Crippen molar-refractivity contribution >= 4 is 0 Å². The van der Waals surface area contributed by atoms with Gasteiger partial charge < -0.3 is 0 Å². The Morgan fingerprint density at radius 3 is 0.0714 bits per heavy atom. The topological polar surface area (TPSA) is 0 Å². The van der Waals surface area contributed by atoms with Crippen molar-refractivity contribution in [3.8, 4) is 0 Å². The zero-order valence-corrected chi connectivity index (χ0v) is 40.5. The Bertz CT molecular complexity index is 0. The van der Waals surface area contributed by atoms with Crippen molar-refractivity contribution < 1.29 is 277 Å². The summed E-state index contributed by atoms with van der Waals surface area (Å²) in [5.74, 6) is 0. The number of hydrogen-bond donors (Lipinski definition) is 0. The quantitative estimate of drug-likeness (QED) is 0.321. The Hall–Kier alpha value is 8.91. The smallest absolute Gasteiger partial charge is 0 e. The molecular weight excluding hydrogens is 2660 g/mol. The van der Waals surface area contributed by atoms with Crippen LogP contribution < -0.4 is 0 Å². The Labute approximate surface area is 270 Å². The Morgan fingerprint density at radius 2 is 0.0714 bits per heavy atom. The van der Waals surface area contributed by atoms with Crippen molar-refractivity contribution in [1.29, 1.82) is 0 Å². The second-order valence-electron chi connectivity index (χ2n) is 0. The van der Waals surface area contributed by atoms with Gasteiger partial charge in [-0.05, 0) is 0 Å². The third kappa shape index (κ3) is 104. The largest absolute Gasteiger partial charge is 0 e. The molecule has 0 aliphatic heterocycles. The Morgan fingerprint density at radius 1 is 0.0714 bits per heavy atom. The summed E-state index contributed by atoms with van der Waals surface area (Å²) in [6.07, 6.45) is 0. The van der Waals surface area contributed by atoms with Crippen molar-refractivity contribution in [2.24, 2.45) is 0 Å². The Balaban J connectivity index is 0. The van der Waals surface area contributed by atoms with Crippen molar-refractivity contribution in [3.63, 3.8) is 0 Å². The number of rotatable bonds is 0. The van der Waals surface area contributed by atoms with E-state index in [0.717, 1.165) is 0 Å². The third-order valence-electron chi connectivity index (χ3n) is 0. The zero-order chi connectivity index (χ0) is 0. The summed E-state index contributed by atoms with van der Waals surface area (Å²) in [5.41, 5.74) is 0. The first kappa shape index (κ1) is 139. The molecule has 0 aromatic carbocycles. The first-order chi connectivity index (χ1) is 0. The fourth-order valence-corrected chi connectivity index (χ4v) is 0. The van der Waals surface area contributed by atoms with Crippen LogP contribution in [0, 0.1) is 0 Å². The minimum atomic E-state index is 0. The molecule has 0 fully saturated rings. The van der Waals surface area contributed by atoms with E-state index < -0.39 is 0 Å². The van der Waals surface area contributed by atoms with Crippen molar-refractivity contribution in [2.75, 3.05) is 0 Å². The van der Waals surface area contributed by atoms with E-state index in [1.54, 1.807) is 0 Å². The van der Waals surface area contributed by atoms with Gasteiger partial charge in [0.2, 0.25) is 0 Å². The molecule has 0 aliphatic rings. The molecule has 14 heteroatoms. The summed E-state index contributed by atoms with van der Waals surface area (Å²) in [6.45, 7) is 0. The van der Waals surface area contributed by atoms with Gasteiger partial charge in [-0.25, -0.2) is 0 Å². The van der Waals surface area contributed by atoms with Crippen molar-refractivity contribution in [3.05, 3.63) is 0 Å². The van der Waals surface area contributed by atoms with Crippen LogP contribution in [0.3, 0.4) is 0 Å². The van der Waals surface area contributed by atoms with E-state index in [4.69, 9.17) is 0 Å². The summed E-state index contributed by atoms with van der Waals surface area (Å²) < 4.78 is 0. The van der Waals surface area contributed by atoms with Gasteiger partial charge in [-0.3, -0.25) is 0 Å². The van der Waals surface area contributed by atoms with Crippen molar-refractivity contribution in [2.45, 2.75) is 0 Å². The minimum absolute atomic E-state index is 0. The average Bonchev–Trinajstić information content (AvgIpc) is 0. The first-order valence-corrected chi connectivity index (χ1v) is 0. The molecule has 0 rings (SSSR count). The number of hydrogen-bond acceptors (Lipinski definition) is 0. The molecule has 0 spiro atoms. The molecule has 0 bridgehead atoms. The second-order valence-corrected chi connectivity index (χ2v) is 0. The predicted molar refractivity (Wildman–Crippen MR) is 0 cm³/mol. The SMILES string of the molecule is [Os].[Os].[Os].[Os].[Os].[Os].[Os].[Os].[Os].[Os].[Os].[Os].[Os].[Os]. The molecule has 112 valence electrons.